The number of methoxy groups -OCH3 is 1. The summed E-state index contributed by atoms with van der Waals surface area (Å²) in [5, 5.41) is 0.769. The first-order chi connectivity index (χ1) is 18.5. The highest BCUT2D eigenvalue weighted by atomic mass is 32.2. The van der Waals surface area contributed by atoms with Crippen LogP contribution in [0, 0.1) is 27.7 Å². The SMILES string of the molecule is COC(=O)c1c(-n2c(C)cc(C=C3C(=O)N(C)c4ccc(S(=O)(=O)N5CCOCC5)cc43)c2C)sc(C)c1C. The number of aromatic nitrogens is 1. The molecule has 0 unspecified atom stereocenters. The molecular weight excluding hydrogens is 538 g/mol. The third kappa shape index (κ3) is 4.43. The molecule has 0 radical (unpaired) electrons. The van der Waals surface area contributed by atoms with E-state index in [1.165, 1.54) is 27.7 Å². The highest BCUT2D eigenvalue weighted by Crippen LogP contribution is 2.40. The lowest BCUT2D eigenvalue weighted by Gasteiger charge is -2.26. The summed E-state index contributed by atoms with van der Waals surface area (Å²) in [5.41, 5.74) is 5.60. The number of nitrogens with zero attached hydrogens (tertiary/aromatic N) is 3. The van der Waals surface area contributed by atoms with Crippen LogP contribution in [0.3, 0.4) is 0 Å². The molecule has 0 saturated carbocycles. The van der Waals surface area contributed by atoms with Gasteiger partial charge in [-0.2, -0.15) is 4.31 Å². The van der Waals surface area contributed by atoms with E-state index in [1.54, 1.807) is 31.3 Å². The molecule has 0 aliphatic carbocycles. The fraction of sp³-hybridized carbons (Fsp3) is 0.357. The highest BCUT2D eigenvalue weighted by molar-refractivity contribution is 7.89. The molecule has 1 aromatic carbocycles. The smallest absolute Gasteiger partial charge is 0.341 e. The molecular formula is C28H31N3O6S2. The zero-order chi connectivity index (χ0) is 28.2. The Balaban J connectivity index is 1.61. The number of thiophene rings is 1. The monoisotopic (exact) mass is 569 g/mol. The van der Waals surface area contributed by atoms with Gasteiger partial charge in [-0.05, 0) is 69.2 Å². The first-order valence-corrected chi connectivity index (χ1v) is 14.8. The molecule has 1 amide bonds. The number of sulfonamides is 1. The zero-order valence-corrected chi connectivity index (χ0v) is 24.5. The maximum atomic E-state index is 13.3. The number of hydrogen-bond acceptors (Lipinski definition) is 7. The van der Waals surface area contributed by atoms with Crippen molar-refractivity contribution < 1.29 is 27.5 Å². The van der Waals surface area contributed by atoms with Crippen LogP contribution in [0.15, 0.2) is 29.2 Å². The van der Waals surface area contributed by atoms with Crippen LogP contribution in [-0.2, 0) is 24.3 Å². The van der Waals surface area contributed by atoms with Crippen LogP contribution in [0.4, 0.5) is 5.69 Å². The normalized spacial score (nSPS) is 17.2. The van der Waals surface area contributed by atoms with E-state index >= 15 is 0 Å². The number of carbonyl (C=O) groups excluding carboxylic acids is 2. The van der Waals surface area contributed by atoms with Crippen LogP contribution < -0.4 is 4.90 Å². The topological polar surface area (TPSA) is 98.2 Å². The molecule has 206 valence electrons. The van der Waals surface area contributed by atoms with Crippen molar-refractivity contribution in [2.24, 2.45) is 0 Å². The number of anilines is 1. The molecule has 0 N–H and O–H groups in total. The van der Waals surface area contributed by atoms with Gasteiger partial charge in [-0.1, -0.05) is 0 Å². The molecule has 1 saturated heterocycles. The number of ether oxygens (including phenoxy) is 2. The lowest BCUT2D eigenvalue weighted by atomic mass is 10.0. The Morgan fingerprint density at radius 3 is 2.46 bits per heavy atom. The van der Waals surface area contributed by atoms with E-state index in [-0.39, 0.29) is 10.8 Å². The Bertz CT molecular complexity index is 1640. The van der Waals surface area contributed by atoms with Crippen molar-refractivity contribution in [3.63, 3.8) is 0 Å². The average molecular weight is 570 g/mol. The molecule has 5 rings (SSSR count). The van der Waals surface area contributed by atoms with E-state index < -0.39 is 16.0 Å². The molecule has 3 aromatic rings. The number of hydrogen-bond donors (Lipinski definition) is 0. The molecule has 1 fully saturated rings. The minimum Gasteiger partial charge on any atom is -0.465 e. The standard InChI is InChI=1S/C28H31N3O6S2/c1-16-13-20(18(3)31(16)27-25(28(33)36-6)17(2)19(4)38-27)14-23-22-15-21(7-8-24(22)29(5)26(23)32)39(34,35)30-9-11-37-12-10-30/h7-8,13-15H,9-12H2,1-6H3. The van der Waals surface area contributed by atoms with E-state index in [9.17, 15) is 18.0 Å². The third-order valence-corrected chi connectivity index (χ3v) is 10.6. The fourth-order valence-electron chi connectivity index (χ4n) is 5.18. The van der Waals surface area contributed by atoms with Gasteiger partial charge in [-0.15, -0.1) is 11.3 Å². The molecule has 2 aliphatic rings. The van der Waals surface area contributed by atoms with Crippen LogP contribution in [0.5, 0.6) is 0 Å². The minimum atomic E-state index is -3.73. The Morgan fingerprint density at radius 2 is 1.79 bits per heavy atom. The summed E-state index contributed by atoms with van der Waals surface area (Å²) in [6.07, 6.45) is 1.81. The van der Waals surface area contributed by atoms with Crippen LogP contribution in [0.25, 0.3) is 16.7 Å². The Labute approximate surface area is 232 Å². The molecule has 0 bridgehead atoms. The number of rotatable bonds is 5. The maximum absolute atomic E-state index is 13.3. The molecule has 0 atom stereocenters. The number of likely N-dealkylation sites (N-methyl/N-ethyl adjacent to an activating group) is 1. The summed E-state index contributed by atoms with van der Waals surface area (Å²) in [7, 11) is -0.675. The van der Waals surface area contributed by atoms with Crippen molar-refractivity contribution in [2.45, 2.75) is 32.6 Å². The van der Waals surface area contributed by atoms with Crippen molar-refractivity contribution >= 4 is 50.6 Å². The maximum Gasteiger partial charge on any atom is 0.341 e. The number of benzene rings is 1. The van der Waals surface area contributed by atoms with Crippen LogP contribution >= 0.6 is 11.3 Å². The Kier molecular flexibility index (Phi) is 7.04. The first kappa shape index (κ1) is 27.3. The summed E-state index contributed by atoms with van der Waals surface area (Å²) in [6, 6.07) is 6.80. The summed E-state index contributed by atoms with van der Waals surface area (Å²) in [4.78, 5) is 28.7. The largest absolute Gasteiger partial charge is 0.465 e. The number of amides is 1. The number of carbonyl (C=O) groups is 2. The number of aryl methyl sites for hydroxylation is 2. The predicted molar refractivity (Wildman–Crippen MR) is 151 cm³/mol. The molecule has 2 aromatic heterocycles. The second kappa shape index (κ2) is 10.1. The molecule has 9 nitrogen and oxygen atoms in total. The van der Waals surface area contributed by atoms with Crippen molar-refractivity contribution in [3.05, 3.63) is 62.8 Å². The Hall–Kier alpha value is -3.25. The van der Waals surface area contributed by atoms with Crippen LogP contribution in [-0.4, -0.2) is 69.6 Å². The lowest BCUT2D eigenvalue weighted by molar-refractivity contribution is -0.112. The summed E-state index contributed by atoms with van der Waals surface area (Å²) < 4.78 is 40.5. The quantitative estimate of drug-likeness (QED) is 0.339. The van der Waals surface area contributed by atoms with Crippen molar-refractivity contribution in [1.29, 1.82) is 0 Å². The molecule has 39 heavy (non-hydrogen) atoms. The number of morpholine rings is 1. The van der Waals surface area contributed by atoms with E-state index in [0.717, 1.165) is 32.4 Å². The van der Waals surface area contributed by atoms with Crippen molar-refractivity contribution in [2.75, 3.05) is 45.4 Å². The van der Waals surface area contributed by atoms with Gasteiger partial charge in [0.05, 0.1) is 36.5 Å². The molecule has 0 spiro atoms. The van der Waals surface area contributed by atoms with Gasteiger partial charge in [0.1, 0.15) is 5.00 Å². The third-order valence-electron chi connectivity index (χ3n) is 7.49. The van der Waals surface area contributed by atoms with E-state index in [2.05, 4.69) is 0 Å². The second-order valence-electron chi connectivity index (χ2n) is 9.73. The second-order valence-corrected chi connectivity index (χ2v) is 12.9. The first-order valence-electron chi connectivity index (χ1n) is 12.6. The van der Waals surface area contributed by atoms with Gasteiger partial charge in [0.2, 0.25) is 10.0 Å². The van der Waals surface area contributed by atoms with Gasteiger partial charge >= 0.3 is 5.97 Å². The van der Waals surface area contributed by atoms with Gasteiger partial charge in [0.25, 0.3) is 5.91 Å². The predicted octanol–water partition coefficient (Wildman–Crippen LogP) is 4.10. The minimum absolute atomic E-state index is 0.148. The van der Waals surface area contributed by atoms with Crippen molar-refractivity contribution in [3.8, 4) is 5.00 Å². The molecule has 4 heterocycles. The zero-order valence-electron chi connectivity index (χ0n) is 22.8. The highest BCUT2D eigenvalue weighted by Gasteiger charge is 2.34. The van der Waals surface area contributed by atoms with Gasteiger partial charge < -0.3 is 18.9 Å². The van der Waals surface area contributed by atoms with E-state index in [1.807, 2.05) is 38.3 Å². The van der Waals surface area contributed by atoms with Crippen molar-refractivity contribution in [1.82, 2.24) is 8.87 Å². The lowest BCUT2D eigenvalue weighted by Crippen LogP contribution is -2.40. The van der Waals surface area contributed by atoms with Gasteiger partial charge in [-0.3, -0.25) is 4.79 Å². The fourth-order valence-corrected chi connectivity index (χ4v) is 7.87. The number of fused-ring (bicyclic) bond motifs is 1. The van der Waals surface area contributed by atoms with Crippen LogP contribution in [0.1, 0.15) is 43.3 Å². The van der Waals surface area contributed by atoms with Gasteiger partial charge in [0.15, 0.2) is 0 Å². The van der Waals surface area contributed by atoms with Gasteiger partial charge in [-0.25, -0.2) is 13.2 Å². The molecule has 2 aliphatic heterocycles. The summed E-state index contributed by atoms with van der Waals surface area (Å²) in [5.74, 6) is -0.608. The summed E-state index contributed by atoms with van der Waals surface area (Å²) >= 11 is 1.52. The summed E-state index contributed by atoms with van der Waals surface area (Å²) in [6.45, 7) is 9.06. The Morgan fingerprint density at radius 1 is 1.10 bits per heavy atom. The average Bonchev–Trinajstić information content (AvgIpc) is 3.47. The molecule has 11 heteroatoms. The van der Waals surface area contributed by atoms with Crippen LogP contribution in [0.2, 0.25) is 0 Å². The number of esters is 1. The van der Waals surface area contributed by atoms with Gasteiger partial charge in [0, 0.05) is 47.5 Å². The van der Waals surface area contributed by atoms with E-state index in [4.69, 9.17) is 9.47 Å². The van der Waals surface area contributed by atoms with E-state index in [0.29, 0.717) is 48.7 Å².